The van der Waals surface area contributed by atoms with Gasteiger partial charge in [0.2, 0.25) is 6.79 Å². The lowest BCUT2D eigenvalue weighted by atomic mass is 9.90. The van der Waals surface area contributed by atoms with Crippen molar-refractivity contribution in [2.75, 3.05) is 13.3 Å². The fraction of sp³-hybridized carbons (Fsp3) is 0.500. The lowest BCUT2D eigenvalue weighted by Gasteiger charge is -2.26. The van der Waals surface area contributed by atoms with Gasteiger partial charge in [0.1, 0.15) is 5.82 Å². The summed E-state index contributed by atoms with van der Waals surface area (Å²) in [6.45, 7) is 3.09. The molecule has 1 aromatic carbocycles. The van der Waals surface area contributed by atoms with Crippen molar-refractivity contribution in [1.82, 2.24) is 5.32 Å². The highest BCUT2D eigenvalue weighted by Crippen LogP contribution is 2.45. The molecule has 0 bridgehead atoms. The number of rotatable bonds is 1. The van der Waals surface area contributed by atoms with Crippen LogP contribution in [-0.4, -0.2) is 13.3 Å². The first-order valence-corrected chi connectivity index (χ1v) is 6.44. The molecule has 1 unspecified atom stereocenters. The third-order valence-electron chi connectivity index (χ3n) is 3.51. The van der Waals surface area contributed by atoms with Gasteiger partial charge in [-0.2, -0.15) is 0 Å². The molecule has 1 fully saturated rings. The van der Waals surface area contributed by atoms with E-state index in [0.29, 0.717) is 21.5 Å². The maximum absolute atomic E-state index is 14.3. The van der Waals surface area contributed by atoms with Gasteiger partial charge in [-0.1, -0.05) is 0 Å². The summed E-state index contributed by atoms with van der Waals surface area (Å²) in [4.78, 5) is 0. The van der Waals surface area contributed by atoms with Crippen LogP contribution in [0.5, 0.6) is 11.5 Å². The van der Waals surface area contributed by atoms with Crippen LogP contribution in [0.15, 0.2) is 10.5 Å². The Labute approximate surface area is 107 Å². The molecule has 2 aliphatic heterocycles. The van der Waals surface area contributed by atoms with E-state index < -0.39 is 0 Å². The number of fused-ring (bicyclic) bond motifs is 1. The molecule has 3 rings (SSSR count). The molecule has 3 nitrogen and oxygen atoms in total. The molecular weight excluding hydrogens is 289 g/mol. The van der Waals surface area contributed by atoms with Crippen molar-refractivity contribution in [1.29, 1.82) is 0 Å². The molecule has 1 atom stereocenters. The lowest BCUT2D eigenvalue weighted by Crippen LogP contribution is -2.34. The third-order valence-corrected chi connectivity index (χ3v) is 4.22. The minimum absolute atomic E-state index is 0.154. The van der Waals surface area contributed by atoms with Crippen LogP contribution in [0.4, 0.5) is 4.39 Å². The molecule has 0 saturated carbocycles. The molecule has 2 heterocycles. The predicted octanol–water partition coefficient (Wildman–Crippen LogP) is 2.92. The molecule has 0 aromatic heterocycles. The molecule has 0 amide bonds. The highest BCUT2D eigenvalue weighted by molar-refractivity contribution is 9.10. The molecule has 1 N–H and O–H groups in total. The van der Waals surface area contributed by atoms with E-state index in [2.05, 4.69) is 21.2 Å². The Bertz CT molecular complexity index is 472. The van der Waals surface area contributed by atoms with Gasteiger partial charge in [-0.15, -0.1) is 0 Å². The van der Waals surface area contributed by atoms with E-state index in [1.807, 2.05) is 6.92 Å². The third kappa shape index (κ3) is 1.64. The second kappa shape index (κ2) is 3.85. The van der Waals surface area contributed by atoms with Crippen molar-refractivity contribution in [2.24, 2.45) is 0 Å². The summed E-state index contributed by atoms with van der Waals surface area (Å²) >= 11 is 3.25. The summed E-state index contributed by atoms with van der Waals surface area (Å²) in [5.41, 5.74) is 0.333. The van der Waals surface area contributed by atoms with E-state index >= 15 is 0 Å². The molecule has 2 aliphatic rings. The Morgan fingerprint density at radius 1 is 1.47 bits per heavy atom. The maximum atomic E-state index is 14.3. The molecule has 17 heavy (non-hydrogen) atoms. The maximum Gasteiger partial charge on any atom is 0.231 e. The average Bonchev–Trinajstić information content (AvgIpc) is 2.92. The molecule has 0 radical (unpaired) electrons. The van der Waals surface area contributed by atoms with Crippen LogP contribution < -0.4 is 14.8 Å². The van der Waals surface area contributed by atoms with Gasteiger partial charge in [-0.3, -0.25) is 0 Å². The van der Waals surface area contributed by atoms with Crippen molar-refractivity contribution >= 4 is 15.9 Å². The molecule has 0 spiro atoms. The molecule has 1 saturated heterocycles. The zero-order valence-corrected chi connectivity index (χ0v) is 11.1. The van der Waals surface area contributed by atoms with Gasteiger partial charge < -0.3 is 14.8 Å². The van der Waals surface area contributed by atoms with E-state index in [1.54, 1.807) is 6.07 Å². The average molecular weight is 302 g/mol. The van der Waals surface area contributed by atoms with Gasteiger partial charge in [-0.25, -0.2) is 4.39 Å². The number of nitrogens with one attached hydrogen (secondary N) is 1. The van der Waals surface area contributed by atoms with Gasteiger partial charge in [0.25, 0.3) is 0 Å². The summed E-state index contributed by atoms with van der Waals surface area (Å²) in [6.07, 6.45) is 1.98. The van der Waals surface area contributed by atoms with Gasteiger partial charge in [-0.05, 0) is 48.3 Å². The zero-order valence-electron chi connectivity index (χ0n) is 9.48. The van der Waals surface area contributed by atoms with Crippen LogP contribution in [0.1, 0.15) is 25.3 Å². The van der Waals surface area contributed by atoms with Crippen molar-refractivity contribution in [2.45, 2.75) is 25.3 Å². The highest BCUT2D eigenvalue weighted by atomic mass is 79.9. The predicted molar refractivity (Wildman–Crippen MR) is 64.8 cm³/mol. The van der Waals surface area contributed by atoms with Crippen LogP contribution in [-0.2, 0) is 5.54 Å². The van der Waals surface area contributed by atoms with Crippen LogP contribution in [0.2, 0.25) is 0 Å². The number of hydrogen-bond acceptors (Lipinski definition) is 3. The van der Waals surface area contributed by atoms with Crippen LogP contribution in [0, 0.1) is 5.82 Å². The van der Waals surface area contributed by atoms with Crippen molar-refractivity contribution in [3.63, 3.8) is 0 Å². The second-order valence-corrected chi connectivity index (χ2v) is 5.44. The Morgan fingerprint density at radius 2 is 2.29 bits per heavy atom. The molecule has 92 valence electrons. The first-order chi connectivity index (χ1) is 8.12. The lowest BCUT2D eigenvalue weighted by molar-refractivity contribution is 0.173. The second-order valence-electron chi connectivity index (χ2n) is 4.65. The largest absolute Gasteiger partial charge is 0.454 e. The fourth-order valence-corrected chi connectivity index (χ4v) is 3.03. The summed E-state index contributed by atoms with van der Waals surface area (Å²) < 4.78 is 25.3. The number of benzene rings is 1. The Hall–Kier alpha value is -0.810. The van der Waals surface area contributed by atoms with Crippen molar-refractivity contribution in [3.05, 3.63) is 21.9 Å². The monoisotopic (exact) mass is 301 g/mol. The minimum atomic E-state index is -0.312. The Kier molecular flexibility index (Phi) is 2.56. The quantitative estimate of drug-likeness (QED) is 0.865. The van der Waals surface area contributed by atoms with Gasteiger partial charge >= 0.3 is 0 Å². The Balaban J connectivity index is 2.14. The molecule has 5 heteroatoms. The number of hydrogen-bond donors (Lipinski definition) is 1. The summed E-state index contributed by atoms with van der Waals surface area (Å²) in [5.74, 6) is 0.821. The smallest absolute Gasteiger partial charge is 0.231 e. The molecule has 0 aliphatic carbocycles. The summed E-state index contributed by atoms with van der Waals surface area (Å²) in [7, 11) is 0. The van der Waals surface area contributed by atoms with E-state index in [-0.39, 0.29) is 18.1 Å². The van der Waals surface area contributed by atoms with E-state index in [9.17, 15) is 4.39 Å². The van der Waals surface area contributed by atoms with Crippen LogP contribution >= 0.6 is 15.9 Å². The van der Waals surface area contributed by atoms with E-state index in [0.717, 1.165) is 19.4 Å². The summed E-state index contributed by atoms with van der Waals surface area (Å²) in [6, 6.07) is 1.75. The number of ether oxygens (including phenoxy) is 2. The van der Waals surface area contributed by atoms with Crippen molar-refractivity contribution in [3.8, 4) is 11.5 Å². The zero-order chi connectivity index (χ0) is 12.0. The first-order valence-electron chi connectivity index (χ1n) is 5.65. The van der Waals surface area contributed by atoms with Crippen LogP contribution in [0.3, 0.4) is 0 Å². The minimum Gasteiger partial charge on any atom is -0.454 e. The van der Waals surface area contributed by atoms with Gasteiger partial charge in [0.15, 0.2) is 11.5 Å². The SMILES string of the molecule is CC1(c2cc3c(c(Br)c2F)OCO3)CCCN1. The topological polar surface area (TPSA) is 30.5 Å². The highest BCUT2D eigenvalue weighted by Gasteiger charge is 2.36. The van der Waals surface area contributed by atoms with E-state index in [1.165, 1.54) is 0 Å². The van der Waals surface area contributed by atoms with Gasteiger partial charge in [0.05, 0.1) is 4.47 Å². The Morgan fingerprint density at radius 3 is 3.00 bits per heavy atom. The van der Waals surface area contributed by atoms with Gasteiger partial charge in [0, 0.05) is 11.1 Å². The molecule has 1 aromatic rings. The van der Waals surface area contributed by atoms with Crippen LogP contribution in [0.25, 0.3) is 0 Å². The molecular formula is C12H13BrFNO2. The fourth-order valence-electron chi connectivity index (χ4n) is 2.51. The first kappa shape index (κ1) is 11.3. The number of halogens is 2. The van der Waals surface area contributed by atoms with E-state index in [4.69, 9.17) is 9.47 Å². The summed E-state index contributed by atoms with van der Waals surface area (Å²) in [5, 5.41) is 3.35. The normalized spacial score (nSPS) is 26.5. The van der Waals surface area contributed by atoms with Crippen molar-refractivity contribution < 1.29 is 13.9 Å². The standard InChI is InChI=1S/C12H13BrFNO2/c1-12(3-2-4-15-12)7-5-8-11(17-6-16-8)9(13)10(7)14/h5,15H,2-4,6H2,1H3.